The number of halogens is 1. The van der Waals surface area contributed by atoms with Crippen LogP contribution in [0.5, 0.6) is 5.75 Å². The van der Waals surface area contributed by atoms with Crippen LogP contribution in [0.15, 0.2) is 22.8 Å². The van der Waals surface area contributed by atoms with Gasteiger partial charge in [-0.1, -0.05) is 0 Å². The van der Waals surface area contributed by atoms with Gasteiger partial charge in [-0.15, -0.1) is 0 Å². The molecule has 0 atom stereocenters. The van der Waals surface area contributed by atoms with Crippen LogP contribution in [0.1, 0.15) is 23.2 Å². The largest absolute Gasteiger partial charge is 0.495 e. The Balaban J connectivity index is 2.11. The quantitative estimate of drug-likeness (QED) is 0.890. The Labute approximate surface area is 131 Å². The SMILES string of the molecule is CNc1c(C(=O)NC2CC2)cnc2cc(OC)c(Br)cc12. The maximum atomic E-state index is 12.3. The van der Waals surface area contributed by atoms with Crippen molar-refractivity contribution in [3.8, 4) is 5.75 Å². The maximum Gasteiger partial charge on any atom is 0.255 e. The molecule has 21 heavy (non-hydrogen) atoms. The third-order valence-electron chi connectivity index (χ3n) is 3.55. The number of fused-ring (bicyclic) bond motifs is 1. The Morgan fingerprint density at radius 3 is 2.81 bits per heavy atom. The molecule has 3 rings (SSSR count). The number of anilines is 1. The van der Waals surface area contributed by atoms with Gasteiger partial charge in [0.15, 0.2) is 0 Å². The molecule has 0 bridgehead atoms. The van der Waals surface area contributed by atoms with Gasteiger partial charge in [0.05, 0.1) is 28.4 Å². The topological polar surface area (TPSA) is 63.2 Å². The van der Waals surface area contributed by atoms with E-state index >= 15 is 0 Å². The van der Waals surface area contributed by atoms with E-state index in [0.717, 1.165) is 33.9 Å². The van der Waals surface area contributed by atoms with Crippen molar-refractivity contribution in [2.24, 2.45) is 0 Å². The molecule has 1 aliphatic rings. The van der Waals surface area contributed by atoms with Crippen molar-refractivity contribution < 1.29 is 9.53 Å². The fraction of sp³-hybridized carbons (Fsp3) is 0.333. The van der Waals surface area contributed by atoms with E-state index in [4.69, 9.17) is 4.74 Å². The third kappa shape index (κ3) is 2.68. The monoisotopic (exact) mass is 349 g/mol. The lowest BCUT2D eigenvalue weighted by Crippen LogP contribution is -2.26. The van der Waals surface area contributed by atoms with Gasteiger partial charge in [-0.25, -0.2) is 0 Å². The van der Waals surface area contributed by atoms with Gasteiger partial charge in [-0.3, -0.25) is 9.78 Å². The van der Waals surface area contributed by atoms with Crippen LogP contribution in [0.4, 0.5) is 5.69 Å². The molecule has 5 nitrogen and oxygen atoms in total. The molecule has 110 valence electrons. The zero-order valence-electron chi connectivity index (χ0n) is 11.9. The van der Waals surface area contributed by atoms with Gasteiger partial charge >= 0.3 is 0 Å². The smallest absolute Gasteiger partial charge is 0.255 e. The lowest BCUT2D eigenvalue weighted by atomic mass is 10.1. The number of carbonyl (C=O) groups excluding carboxylic acids is 1. The third-order valence-corrected chi connectivity index (χ3v) is 4.17. The summed E-state index contributed by atoms with van der Waals surface area (Å²) in [5, 5.41) is 6.99. The van der Waals surface area contributed by atoms with Gasteiger partial charge in [0.1, 0.15) is 5.75 Å². The van der Waals surface area contributed by atoms with Crippen LogP contribution < -0.4 is 15.4 Å². The van der Waals surface area contributed by atoms with Crippen molar-refractivity contribution in [2.45, 2.75) is 18.9 Å². The molecular weight excluding hydrogens is 334 g/mol. The summed E-state index contributed by atoms with van der Waals surface area (Å²) in [6.07, 6.45) is 3.73. The van der Waals surface area contributed by atoms with Crippen LogP contribution in [0, 0.1) is 0 Å². The molecule has 0 unspecified atom stereocenters. The maximum absolute atomic E-state index is 12.3. The number of aromatic nitrogens is 1. The highest BCUT2D eigenvalue weighted by Gasteiger charge is 2.25. The summed E-state index contributed by atoms with van der Waals surface area (Å²) in [5.74, 6) is 0.635. The Bertz CT molecular complexity index is 714. The second kappa shape index (κ2) is 5.52. The molecule has 2 aromatic rings. The number of nitrogens with zero attached hydrogens (tertiary/aromatic N) is 1. The van der Waals surface area contributed by atoms with E-state index in [1.54, 1.807) is 20.4 Å². The zero-order valence-corrected chi connectivity index (χ0v) is 13.5. The number of rotatable bonds is 4. The molecule has 1 heterocycles. The van der Waals surface area contributed by atoms with Gasteiger partial charge in [0, 0.05) is 30.7 Å². The fourth-order valence-electron chi connectivity index (χ4n) is 2.28. The number of benzene rings is 1. The molecule has 6 heteroatoms. The molecular formula is C15H16BrN3O2. The van der Waals surface area contributed by atoms with E-state index in [0.29, 0.717) is 17.4 Å². The molecule has 1 aromatic carbocycles. The van der Waals surface area contributed by atoms with Crippen LogP contribution in [0.2, 0.25) is 0 Å². The van der Waals surface area contributed by atoms with Gasteiger partial charge in [0.2, 0.25) is 0 Å². The molecule has 0 saturated heterocycles. The molecule has 0 spiro atoms. The number of nitrogens with one attached hydrogen (secondary N) is 2. The first-order chi connectivity index (χ1) is 10.1. The van der Waals surface area contributed by atoms with E-state index in [9.17, 15) is 4.79 Å². The molecule has 1 aliphatic carbocycles. The van der Waals surface area contributed by atoms with Crippen LogP contribution in [0.3, 0.4) is 0 Å². The number of hydrogen-bond donors (Lipinski definition) is 2. The minimum atomic E-state index is -0.0804. The highest BCUT2D eigenvalue weighted by atomic mass is 79.9. The summed E-state index contributed by atoms with van der Waals surface area (Å²) >= 11 is 3.47. The minimum absolute atomic E-state index is 0.0804. The van der Waals surface area contributed by atoms with Gasteiger partial charge < -0.3 is 15.4 Å². The summed E-state index contributed by atoms with van der Waals surface area (Å²) in [6, 6.07) is 4.09. The van der Waals surface area contributed by atoms with Crippen molar-refractivity contribution in [2.75, 3.05) is 19.5 Å². The van der Waals surface area contributed by atoms with Crippen molar-refractivity contribution >= 4 is 38.4 Å². The zero-order chi connectivity index (χ0) is 15.0. The highest BCUT2D eigenvalue weighted by Crippen LogP contribution is 2.34. The highest BCUT2D eigenvalue weighted by molar-refractivity contribution is 9.10. The normalized spacial score (nSPS) is 14.0. The predicted octanol–water partition coefficient (Wildman–Crippen LogP) is 2.94. The van der Waals surface area contributed by atoms with E-state index in [1.165, 1.54) is 0 Å². The predicted molar refractivity (Wildman–Crippen MR) is 86.0 cm³/mol. The number of pyridine rings is 1. The molecule has 1 aromatic heterocycles. The first kappa shape index (κ1) is 14.1. The number of ether oxygens (including phenoxy) is 1. The second-order valence-electron chi connectivity index (χ2n) is 5.05. The lowest BCUT2D eigenvalue weighted by Gasteiger charge is -2.13. The Morgan fingerprint density at radius 1 is 1.43 bits per heavy atom. The summed E-state index contributed by atoms with van der Waals surface area (Å²) < 4.78 is 6.11. The molecule has 0 aliphatic heterocycles. The number of methoxy groups -OCH3 is 1. The van der Waals surface area contributed by atoms with Gasteiger partial charge in [-0.05, 0) is 34.8 Å². The van der Waals surface area contributed by atoms with Crippen LogP contribution in [0.25, 0.3) is 10.9 Å². The second-order valence-corrected chi connectivity index (χ2v) is 5.90. The van der Waals surface area contributed by atoms with Crippen LogP contribution in [-0.4, -0.2) is 31.1 Å². The summed E-state index contributed by atoms with van der Waals surface area (Å²) in [4.78, 5) is 16.7. The number of hydrogen-bond acceptors (Lipinski definition) is 4. The number of amides is 1. The van der Waals surface area contributed by atoms with Crippen molar-refractivity contribution in [1.82, 2.24) is 10.3 Å². The first-order valence-electron chi connectivity index (χ1n) is 6.79. The first-order valence-corrected chi connectivity index (χ1v) is 7.58. The van der Waals surface area contributed by atoms with Crippen LogP contribution >= 0.6 is 15.9 Å². The summed E-state index contributed by atoms with van der Waals surface area (Å²) in [5.41, 5.74) is 2.12. The Hall–Kier alpha value is -1.82. The number of carbonyl (C=O) groups is 1. The van der Waals surface area contributed by atoms with Crippen LogP contribution in [-0.2, 0) is 0 Å². The standard InChI is InChI=1S/C15H16BrN3O2/c1-17-14-9-5-11(16)13(21-2)6-12(9)18-7-10(14)15(20)19-8-3-4-8/h5-8H,3-4H2,1-2H3,(H,17,18)(H,19,20). The van der Waals surface area contributed by atoms with E-state index < -0.39 is 0 Å². The fourth-order valence-corrected chi connectivity index (χ4v) is 2.79. The van der Waals surface area contributed by atoms with Crippen molar-refractivity contribution in [3.63, 3.8) is 0 Å². The summed E-state index contributed by atoms with van der Waals surface area (Å²) in [7, 11) is 3.42. The van der Waals surface area contributed by atoms with Crippen molar-refractivity contribution in [1.29, 1.82) is 0 Å². The van der Waals surface area contributed by atoms with Gasteiger partial charge in [-0.2, -0.15) is 0 Å². The molecule has 0 radical (unpaired) electrons. The lowest BCUT2D eigenvalue weighted by molar-refractivity contribution is 0.0951. The van der Waals surface area contributed by atoms with E-state index in [2.05, 4.69) is 31.5 Å². The Morgan fingerprint density at radius 2 is 2.19 bits per heavy atom. The average molecular weight is 350 g/mol. The van der Waals surface area contributed by atoms with Gasteiger partial charge in [0.25, 0.3) is 5.91 Å². The van der Waals surface area contributed by atoms with Crippen molar-refractivity contribution in [3.05, 3.63) is 28.4 Å². The van der Waals surface area contributed by atoms with E-state index in [-0.39, 0.29) is 5.91 Å². The molecule has 1 saturated carbocycles. The van der Waals surface area contributed by atoms with E-state index in [1.807, 2.05) is 12.1 Å². The summed E-state index contributed by atoms with van der Waals surface area (Å²) in [6.45, 7) is 0. The molecule has 2 N–H and O–H groups in total. The Kier molecular flexibility index (Phi) is 3.71. The molecule has 1 amide bonds. The minimum Gasteiger partial charge on any atom is -0.495 e. The average Bonchev–Trinajstić information content (AvgIpc) is 3.29. The molecule has 1 fully saturated rings.